The van der Waals surface area contributed by atoms with E-state index in [0.29, 0.717) is 11.5 Å². The third-order valence-electron chi connectivity index (χ3n) is 3.25. The number of carbonyl (C=O) groups is 1. The molecule has 0 saturated carbocycles. The van der Waals surface area contributed by atoms with Gasteiger partial charge in [0.25, 0.3) is 5.91 Å². The normalized spacial score (nSPS) is 10.3. The van der Waals surface area contributed by atoms with Crippen molar-refractivity contribution in [3.05, 3.63) is 59.7 Å². The molecule has 0 saturated heterocycles. The van der Waals surface area contributed by atoms with Crippen molar-refractivity contribution in [1.29, 1.82) is 0 Å². The van der Waals surface area contributed by atoms with Gasteiger partial charge < -0.3 is 14.4 Å². The highest BCUT2D eigenvalue weighted by molar-refractivity contribution is 5.96. The second-order valence-electron chi connectivity index (χ2n) is 4.87. The van der Waals surface area contributed by atoms with E-state index in [2.05, 4.69) is 0 Å². The number of amides is 1. The molecule has 0 aromatic heterocycles. The van der Waals surface area contributed by atoms with Crippen LogP contribution in [0, 0.1) is 11.6 Å². The minimum atomic E-state index is -0.509. The number of benzene rings is 2. The molecular weight excluding hydrogens is 304 g/mol. The molecule has 0 spiro atoms. The third kappa shape index (κ3) is 4.42. The molecule has 122 valence electrons. The quantitative estimate of drug-likeness (QED) is 0.820. The van der Waals surface area contributed by atoms with Gasteiger partial charge in [-0.3, -0.25) is 4.79 Å². The molecule has 0 bridgehead atoms. The summed E-state index contributed by atoms with van der Waals surface area (Å²) in [5, 5.41) is 0. The molecule has 0 aliphatic heterocycles. The summed E-state index contributed by atoms with van der Waals surface area (Å²) in [4.78, 5) is 13.7. The largest absolute Gasteiger partial charge is 0.496 e. The summed E-state index contributed by atoms with van der Waals surface area (Å²) in [5.74, 6) is -0.407. The first-order valence-corrected chi connectivity index (χ1v) is 6.98. The average molecular weight is 321 g/mol. The number of methoxy groups -OCH3 is 1. The lowest BCUT2D eigenvalue weighted by molar-refractivity contribution is 0.0770. The van der Waals surface area contributed by atoms with Crippen LogP contribution in [0.5, 0.6) is 11.5 Å². The molecule has 0 N–H and O–H groups in total. The minimum Gasteiger partial charge on any atom is -0.496 e. The van der Waals surface area contributed by atoms with Crippen LogP contribution in [-0.4, -0.2) is 38.1 Å². The van der Waals surface area contributed by atoms with E-state index in [-0.39, 0.29) is 30.4 Å². The first-order chi connectivity index (χ1) is 11.0. The molecule has 0 heterocycles. The fourth-order valence-corrected chi connectivity index (χ4v) is 1.99. The monoisotopic (exact) mass is 321 g/mol. The molecule has 4 nitrogen and oxygen atoms in total. The zero-order chi connectivity index (χ0) is 16.8. The first kappa shape index (κ1) is 16.7. The van der Waals surface area contributed by atoms with E-state index in [1.807, 2.05) is 0 Å². The van der Waals surface area contributed by atoms with Crippen molar-refractivity contribution in [3.63, 3.8) is 0 Å². The molecule has 0 atom stereocenters. The highest BCUT2D eigenvalue weighted by Crippen LogP contribution is 2.20. The second kappa shape index (κ2) is 7.58. The van der Waals surface area contributed by atoms with Crippen LogP contribution < -0.4 is 9.47 Å². The molecule has 2 aromatic carbocycles. The van der Waals surface area contributed by atoms with Crippen molar-refractivity contribution >= 4 is 5.91 Å². The Morgan fingerprint density at radius 2 is 1.74 bits per heavy atom. The lowest BCUT2D eigenvalue weighted by Crippen LogP contribution is -2.31. The zero-order valence-corrected chi connectivity index (χ0v) is 12.9. The van der Waals surface area contributed by atoms with Crippen molar-refractivity contribution in [1.82, 2.24) is 4.90 Å². The van der Waals surface area contributed by atoms with E-state index in [9.17, 15) is 13.6 Å². The molecule has 2 rings (SSSR count). The molecule has 0 aliphatic rings. The topological polar surface area (TPSA) is 38.8 Å². The van der Waals surface area contributed by atoms with Gasteiger partial charge >= 0.3 is 0 Å². The highest BCUT2D eigenvalue weighted by Gasteiger charge is 2.17. The smallest absolute Gasteiger partial charge is 0.257 e. The van der Waals surface area contributed by atoms with Crippen molar-refractivity contribution in [2.24, 2.45) is 0 Å². The molecule has 0 aliphatic carbocycles. The lowest BCUT2D eigenvalue weighted by Gasteiger charge is -2.19. The van der Waals surface area contributed by atoms with Gasteiger partial charge in [-0.15, -0.1) is 0 Å². The number of hydrogen-bond donors (Lipinski definition) is 0. The second-order valence-corrected chi connectivity index (χ2v) is 4.87. The molecular formula is C17H17F2NO3. The van der Waals surface area contributed by atoms with Crippen LogP contribution in [-0.2, 0) is 0 Å². The Labute approximate surface area is 133 Å². The van der Waals surface area contributed by atoms with Crippen molar-refractivity contribution < 1.29 is 23.0 Å². The lowest BCUT2D eigenvalue weighted by atomic mass is 10.1. The number of likely N-dealkylation sites (N-methyl/N-ethyl adjacent to an activating group) is 1. The summed E-state index contributed by atoms with van der Waals surface area (Å²) in [5.41, 5.74) is 0.150. The van der Waals surface area contributed by atoms with Crippen LogP contribution in [0.25, 0.3) is 0 Å². The van der Waals surface area contributed by atoms with Crippen LogP contribution in [0.1, 0.15) is 10.4 Å². The number of ether oxygens (including phenoxy) is 2. The van der Waals surface area contributed by atoms with Gasteiger partial charge in [0, 0.05) is 7.05 Å². The number of rotatable bonds is 6. The van der Waals surface area contributed by atoms with E-state index in [1.165, 1.54) is 48.4 Å². The zero-order valence-electron chi connectivity index (χ0n) is 12.9. The molecule has 0 unspecified atom stereocenters. The van der Waals surface area contributed by atoms with Gasteiger partial charge in [0.15, 0.2) is 0 Å². The van der Waals surface area contributed by atoms with E-state index in [4.69, 9.17) is 9.47 Å². The standard InChI is InChI=1S/C17H17F2NO3/c1-20(9-10-23-14-6-3-12(18)4-7-14)17(21)15-11-13(19)5-8-16(15)22-2/h3-8,11H,9-10H2,1-2H3. The van der Waals surface area contributed by atoms with Gasteiger partial charge in [-0.05, 0) is 42.5 Å². The molecule has 0 radical (unpaired) electrons. The van der Waals surface area contributed by atoms with Crippen molar-refractivity contribution in [3.8, 4) is 11.5 Å². The Kier molecular flexibility index (Phi) is 5.51. The third-order valence-corrected chi connectivity index (χ3v) is 3.25. The Morgan fingerprint density at radius 1 is 1.09 bits per heavy atom. The van der Waals surface area contributed by atoms with Crippen LogP contribution in [0.4, 0.5) is 8.78 Å². The van der Waals surface area contributed by atoms with Gasteiger partial charge in [-0.2, -0.15) is 0 Å². The fourth-order valence-electron chi connectivity index (χ4n) is 1.99. The molecule has 23 heavy (non-hydrogen) atoms. The molecule has 6 heteroatoms. The minimum absolute atomic E-state index is 0.150. The fraction of sp³-hybridized carbons (Fsp3) is 0.235. The predicted octanol–water partition coefficient (Wildman–Crippen LogP) is 3.12. The molecule has 1 amide bonds. The summed E-state index contributed by atoms with van der Waals surface area (Å²) in [6, 6.07) is 9.38. The highest BCUT2D eigenvalue weighted by atomic mass is 19.1. The maximum Gasteiger partial charge on any atom is 0.257 e. The van der Waals surface area contributed by atoms with Gasteiger partial charge in [0.2, 0.25) is 0 Å². The van der Waals surface area contributed by atoms with Crippen molar-refractivity contribution in [2.45, 2.75) is 0 Å². The predicted molar refractivity (Wildman–Crippen MR) is 81.8 cm³/mol. The summed E-state index contributed by atoms with van der Waals surface area (Å²) in [6.07, 6.45) is 0. The van der Waals surface area contributed by atoms with Crippen LogP contribution in [0.15, 0.2) is 42.5 Å². The van der Waals surface area contributed by atoms with E-state index >= 15 is 0 Å². The Bertz CT molecular complexity index is 674. The van der Waals surface area contributed by atoms with Crippen molar-refractivity contribution in [2.75, 3.05) is 27.3 Å². The number of hydrogen-bond acceptors (Lipinski definition) is 3. The van der Waals surface area contributed by atoms with Gasteiger partial charge in [-0.25, -0.2) is 8.78 Å². The van der Waals surface area contributed by atoms with Crippen LogP contribution in [0.2, 0.25) is 0 Å². The van der Waals surface area contributed by atoms with E-state index in [1.54, 1.807) is 7.05 Å². The Balaban J connectivity index is 1.95. The first-order valence-electron chi connectivity index (χ1n) is 6.98. The summed E-state index contributed by atoms with van der Waals surface area (Å²) < 4.78 is 36.6. The number of nitrogens with zero attached hydrogens (tertiary/aromatic N) is 1. The van der Waals surface area contributed by atoms with Crippen LogP contribution in [0.3, 0.4) is 0 Å². The molecule has 0 fully saturated rings. The summed E-state index contributed by atoms with van der Waals surface area (Å²) >= 11 is 0. The van der Waals surface area contributed by atoms with Gasteiger partial charge in [-0.1, -0.05) is 0 Å². The van der Waals surface area contributed by atoms with E-state index in [0.717, 1.165) is 6.07 Å². The van der Waals surface area contributed by atoms with E-state index < -0.39 is 5.82 Å². The average Bonchev–Trinajstić information content (AvgIpc) is 2.55. The number of halogens is 2. The maximum absolute atomic E-state index is 13.3. The Hall–Kier alpha value is -2.63. The Morgan fingerprint density at radius 3 is 2.39 bits per heavy atom. The van der Waals surface area contributed by atoms with Gasteiger partial charge in [0.05, 0.1) is 19.2 Å². The number of carbonyl (C=O) groups excluding carboxylic acids is 1. The SMILES string of the molecule is COc1ccc(F)cc1C(=O)N(C)CCOc1ccc(F)cc1. The van der Waals surface area contributed by atoms with Gasteiger partial charge in [0.1, 0.15) is 29.7 Å². The summed E-state index contributed by atoms with van der Waals surface area (Å²) in [7, 11) is 3.00. The summed E-state index contributed by atoms with van der Waals surface area (Å²) in [6.45, 7) is 0.515. The van der Waals surface area contributed by atoms with Crippen LogP contribution >= 0.6 is 0 Å². The molecule has 2 aromatic rings. The maximum atomic E-state index is 13.3.